The minimum absolute atomic E-state index is 0.0426. The van der Waals surface area contributed by atoms with Crippen LogP contribution in [0.25, 0.3) is 10.9 Å². The molecule has 3 heterocycles. The van der Waals surface area contributed by atoms with E-state index in [4.69, 9.17) is 5.73 Å². The molecule has 3 aromatic carbocycles. The Morgan fingerprint density at radius 2 is 1.10 bits per heavy atom. The molecule has 2 aliphatic rings. The van der Waals surface area contributed by atoms with E-state index in [-0.39, 0.29) is 103 Å². The second-order valence-electron chi connectivity index (χ2n) is 24.5. The number of carbonyl (C=O) groups excluding carboxylic acids is 8. The van der Waals surface area contributed by atoms with Crippen LogP contribution in [0, 0.1) is 0 Å². The summed E-state index contributed by atoms with van der Waals surface area (Å²) in [6.45, 7) is 1.38. The first-order valence-electron chi connectivity index (χ1n) is 32.5. The molecule has 100 heavy (non-hydrogen) atoms. The molecular weight excluding hydrogens is 1340 g/mol. The van der Waals surface area contributed by atoms with Crippen LogP contribution >= 0.6 is 21.6 Å². The first-order chi connectivity index (χ1) is 47.7. The Kier molecular flexibility index (Phi) is 32.3. The van der Waals surface area contributed by atoms with Crippen LogP contribution in [0.15, 0.2) is 85.1 Å². The van der Waals surface area contributed by atoms with E-state index in [9.17, 15) is 78.9 Å². The Morgan fingerprint density at radius 3 is 1.65 bits per heavy atom. The number of para-hydroxylation sites is 1. The largest absolute Gasteiger partial charge is 0.508 e. The number of fused-ring (bicyclic) bond motifs is 1. The minimum Gasteiger partial charge on any atom is -0.508 e. The lowest BCUT2D eigenvalue weighted by molar-refractivity contribution is -0.145. The molecule has 6 rings (SSSR count). The van der Waals surface area contributed by atoms with Gasteiger partial charge in [0.05, 0.1) is 38.4 Å². The molecule has 2 fully saturated rings. The van der Waals surface area contributed by atoms with Crippen LogP contribution in [0.5, 0.6) is 5.75 Å². The Bertz CT molecular complexity index is 3410. The zero-order valence-corrected chi connectivity index (χ0v) is 57.1. The van der Waals surface area contributed by atoms with E-state index in [0.717, 1.165) is 35.4 Å². The van der Waals surface area contributed by atoms with Crippen molar-refractivity contribution in [3.63, 3.8) is 0 Å². The van der Waals surface area contributed by atoms with Crippen molar-refractivity contribution in [2.45, 2.75) is 113 Å². The van der Waals surface area contributed by atoms with Crippen molar-refractivity contribution < 1.29 is 93.3 Å². The summed E-state index contributed by atoms with van der Waals surface area (Å²) in [6.07, 6.45) is -1.92. The number of hydrogen-bond donors (Lipinski definition) is 17. The smallest absolute Gasteiger partial charge is 0.328 e. The summed E-state index contributed by atoms with van der Waals surface area (Å²) in [6, 6.07) is 7.92. The van der Waals surface area contributed by atoms with Gasteiger partial charge in [0.2, 0.25) is 47.3 Å². The molecule has 4 aromatic rings. The normalized spacial score (nSPS) is 21.9. The van der Waals surface area contributed by atoms with Crippen LogP contribution in [-0.2, 0) is 76.8 Å². The number of nitrogens with two attached hydrogens (primary N) is 1. The number of carbonyl (C=O) groups is 12. The fourth-order valence-electron chi connectivity index (χ4n) is 11.1. The Balaban J connectivity index is 1.41. The molecule has 8 amide bonds. The van der Waals surface area contributed by atoms with E-state index < -0.39 is 163 Å². The number of aromatic amines is 1. The third-order valence-corrected chi connectivity index (χ3v) is 19.0. The Labute approximate surface area is 584 Å². The number of rotatable bonds is 26. The fraction of sp³-hybridized carbons (Fsp3) is 0.508. The molecule has 0 bridgehead atoms. The van der Waals surface area contributed by atoms with Crippen LogP contribution in [-0.4, -0.2) is 289 Å². The Hall–Kier alpha value is -8.94. The number of hydrogen-bond acceptors (Lipinski definition) is 22. The molecule has 35 heteroatoms. The molecule has 2 aliphatic heterocycles. The lowest BCUT2D eigenvalue weighted by Crippen LogP contribution is -2.62. The van der Waals surface area contributed by atoms with Crippen LogP contribution in [0.4, 0.5) is 0 Å². The van der Waals surface area contributed by atoms with Crippen molar-refractivity contribution in [1.29, 1.82) is 0 Å². The topological polar surface area (TPSA) is 497 Å². The lowest BCUT2D eigenvalue weighted by Gasteiger charge is -2.33. The number of aromatic hydroxyl groups is 1. The van der Waals surface area contributed by atoms with Crippen molar-refractivity contribution in [3.8, 4) is 5.75 Å². The third-order valence-electron chi connectivity index (χ3n) is 16.6. The van der Waals surface area contributed by atoms with Gasteiger partial charge in [-0.15, -0.1) is 0 Å². The monoisotopic (exact) mass is 1430 g/mol. The number of aliphatic hydroxyl groups excluding tert-OH is 2. The van der Waals surface area contributed by atoms with Gasteiger partial charge in [-0.2, -0.15) is 0 Å². The highest BCUT2D eigenvalue weighted by molar-refractivity contribution is 8.76. The average Bonchev–Trinajstić information content (AvgIpc) is 1.54. The highest BCUT2D eigenvalue weighted by Crippen LogP contribution is 2.25. The number of benzene rings is 3. The summed E-state index contributed by atoms with van der Waals surface area (Å²) >= 11 is 0. The van der Waals surface area contributed by atoms with Gasteiger partial charge in [0.15, 0.2) is 6.04 Å². The molecule has 10 atom stereocenters. The number of aliphatic hydroxyl groups is 2. The van der Waals surface area contributed by atoms with E-state index in [2.05, 4.69) is 47.5 Å². The van der Waals surface area contributed by atoms with Gasteiger partial charge < -0.3 is 89.0 Å². The van der Waals surface area contributed by atoms with E-state index in [1.165, 1.54) is 24.3 Å². The number of carboxylic acids is 4. The van der Waals surface area contributed by atoms with Crippen molar-refractivity contribution in [2.24, 2.45) is 5.73 Å². The zero-order chi connectivity index (χ0) is 73.0. The SMILES string of the molecule is C[C@H](O)C1NC(=O)[C@H](CCCCN)NC(=O)[C@@H](Cc2c[nH]c3ccccc23)NC(=O)C(Cc2ccc(O)cc2)NC(=O)[C@@H](NC(=O)[C@@H](Cc2ccccc2)NC(=O)CN2CCN(CC(=O)O)CCN(CC(=O)O)CCN(CC(=O)O)CC2)CSSCC(C(=O)N[C@H](C(=O)O)[C@H](C)O)NC1=O. The molecule has 0 aliphatic carbocycles. The van der Waals surface area contributed by atoms with Gasteiger partial charge in [-0.3, -0.25) is 72.3 Å². The van der Waals surface area contributed by atoms with Gasteiger partial charge in [-0.05, 0) is 74.5 Å². The number of phenols is 1. The molecule has 0 saturated carbocycles. The second-order valence-corrected chi connectivity index (χ2v) is 27.0. The summed E-state index contributed by atoms with van der Waals surface area (Å²) in [4.78, 5) is 176. The minimum atomic E-state index is -1.91. The van der Waals surface area contributed by atoms with Gasteiger partial charge in [0, 0.05) is 100 Å². The number of phenolic OH excluding ortho intramolecular Hbond substituents is 1. The standard InChI is InChI=1S/C65H90N14O19S2/c1-38(80)56-64(96)73-51(63(95)75-57(39(2)81)65(97)98)37-100-99-36-50(72-59(91)47(28-40-10-4-3-5-11-40)68-52(83)32-76-20-22-77(33-53(84)85)24-26-79(35-55(88)89)27-25-78(23-21-76)34-54(86)87)62(94)70-48(29-41-15-17-43(82)18-16-41)60(92)71-49(30-42-31-67-45-13-7-6-12-44(42)45)61(93)69-46(58(90)74-56)14-8-9-19-66/h3-7,10-13,15-18,31,38-39,46-51,56-57,67,80-82H,8-9,14,19-30,32-37,66H2,1-2H3,(H,68,83)(H,69,93)(H,70,94)(H,71,92)(H,72,91)(H,73,96)(H,74,90)(H,75,95)(H,84,85)(H,86,87)(H,88,89)(H,97,98)/t38-,39-,46-,47+,48?,49+,50-,51?,56?,57-/m0/s1. The van der Waals surface area contributed by atoms with Crippen LogP contribution in [0.1, 0.15) is 49.8 Å². The van der Waals surface area contributed by atoms with Crippen LogP contribution in [0.2, 0.25) is 0 Å². The van der Waals surface area contributed by atoms with Crippen molar-refractivity contribution >= 4 is 104 Å². The first-order valence-corrected chi connectivity index (χ1v) is 35.0. The third kappa shape index (κ3) is 26.6. The van der Waals surface area contributed by atoms with E-state index in [0.29, 0.717) is 34.0 Å². The van der Waals surface area contributed by atoms with Crippen LogP contribution in [0.3, 0.4) is 0 Å². The maximum atomic E-state index is 15.3. The molecule has 18 N–H and O–H groups in total. The number of H-pyrrole nitrogens is 1. The van der Waals surface area contributed by atoms with Gasteiger partial charge >= 0.3 is 23.9 Å². The molecule has 33 nitrogen and oxygen atoms in total. The van der Waals surface area contributed by atoms with Crippen molar-refractivity contribution in [2.75, 3.05) is 96.6 Å². The van der Waals surface area contributed by atoms with Crippen LogP contribution < -0.4 is 48.3 Å². The molecule has 546 valence electrons. The molecule has 0 spiro atoms. The Morgan fingerprint density at radius 1 is 0.580 bits per heavy atom. The molecular formula is C65H90N14O19S2. The van der Waals surface area contributed by atoms with Gasteiger partial charge in [-0.25, -0.2) is 4.79 Å². The fourth-order valence-corrected chi connectivity index (χ4v) is 13.4. The van der Waals surface area contributed by atoms with Gasteiger partial charge in [0.25, 0.3) is 0 Å². The predicted molar refractivity (Wildman–Crippen MR) is 367 cm³/mol. The number of nitrogens with one attached hydrogen (secondary N) is 9. The maximum Gasteiger partial charge on any atom is 0.328 e. The second kappa shape index (κ2) is 40.3. The zero-order valence-electron chi connectivity index (χ0n) is 55.4. The van der Waals surface area contributed by atoms with Gasteiger partial charge in [0.1, 0.15) is 48.0 Å². The quantitative estimate of drug-likeness (QED) is 0.0215. The molecule has 1 aromatic heterocycles. The number of amides is 8. The highest BCUT2D eigenvalue weighted by atomic mass is 33.1. The van der Waals surface area contributed by atoms with Gasteiger partial charge in [-0.1, -0.05) is 82.3 Å². The summed E-state index contributed by atoms with van der Waals surface area (Å²) in [5.74, 6) is -14.0. The van der Waals surface area contributed by atoms with E-state index >= 15 is 14.4 Å². The van der Waals surface area contributed by atoms with Crippen molar-refractivity contribution in [3.05, 3.63) is 102 Å². The molecule has 2 saturated heterocycles. The number of unbranched alkanes of at least 4 members (excludes halogenated alkanes) is 1. The number of nitrogens with zero attached hydrogens (tertiary/aromatic N) is 4. The first kappa shape index (κ1) is 80.0. The molecule has 0 radical (unpaired) electrons. The number of aliphatic carboxylic acids is 4. The number of aromatic nitrogens is 1. The average molecular weight is 1440 g/mol. The maximum absolute atomic E-state index is 15.3. The molecule has 3 unspecified atom stereocenters. The van der Waals surface area contributed by atoms with E-state index in [1.54, 1.807) is 80.4 Å². The van der Waals surface area contributed by atoms with Crippen molar-refractivity contribution in [1.82, 2.24) is 67.1 Å². The van der Waals surface area contributed by atoms with E-state index in [1.807, 2.05) is 0 Å². The lowest BCUT2D eigenvalue weighted by atomic mass is 10.0. The number of carboxylic acid groups (broad SMARTS) is 4. The summed E-state index contributed by atoms with van der Waals surface area (Å²) in [5.41, 5.74) is 7.96. The summed E-state index contributed by atoms with van der Waals surface area (Å²) < 4.78 is 0. The predicted octanol–water partition coefficient (Wildman–Crippen LogP) is -3.37. The summed E-state index contributed by atoms with van der Waals surface area (Å²) in [5, 5.41) is 92.4. The summed E-state index contributed by atoms with van der Waals surface area (Å²) in [7, 11) is 1.66. The highest BCUT2D eigenvalue weighted by Gasteiger charge is 2.38.